The summed E-state index contributed by atoms with van der Waals surface area (Å²) in [7, 11) is 0. The van der Waals surface area contributed by atoms with Crippen LogP contribution in [-0.4, -0.2) is 5.11 Å². The van der Waals surface area contributed by atoms with Crippen molar-refractivity contribution >= 4 is 88.4 Å². The van der Waals surface area contributed by atoms with Crippen LogP contribution in [0.5, 0.6) is 5.75 Å². The van der Waals surface area contributed by atoms with Crippen molar-refractivity contribution in [1.29, 1.82) is 0 Å². The van der Waals surface area contributed by atoms with Crippen LogP contribution in [0.1, 0.15) is 33.4 Å². The van der Waals surface area contributed by atoms with E-state index in [1.165, 1.54) is 49.4 Å². The second kappa shape index (κ2) is 17.6. The van der Waals surface area contributed by atoms with Gasteiger partial charge in [0.05, 0.1) is 22.7 Å². The molecule has 0 spiro atoms. The Morgan fingerprint density at radius 3 is 1.30 bits per heavy atom. The number of nitrogens with zero attached hydrogens (tertiary/aromatic N) is 2. The molecule has 1 N–H and O–H groups in total. The van der Waals surface area contributed by atoms with E-state index in [2.05, 4.69) is 258 Å². The predicted molar refractivity (Wildman–Crippen MR) is 313 cm³/mol. The van der Waals surface area contributed by atoms with Crippen LogP contribution >= 0.6 is 0 Å². The third-order valence-electron chi connectivity index (χ3n) is 15.5. The zero-order valence-electron chi connectivity index (χ0n) is 42.5. The second-order valence-corrected chi connectivity index (χ2v) is 20.1. The molecule has 0 unspecified atom stereocenters. The van der Waals surface area contributed by atoms with Crippen molar-refractivity contribution in [2.75, 3.05) is 9.80 Å². The number of phenols is 1. The van der Waals surface area contributed by atoms with Gasteiger partial charge in [0.1, 0.15) is 11.3 Å². The van der Waals surface area contributed by atoms with Gasteiger partial charge >= 0.3 is 0 Å². The predicted octanol–water partition coefficient (Wildman–Crippen LogP) is 20.0. The Morgan fingerprint density at radius 2 is 0.703 bits per heavy atom. The fourth-order valence-corrected chi connectivity index (χ4v) is 11.8. The molecule has 12 aromatic carbocycles. The van der Waals surface area contributed by atoms with Gasteiger partial charge in [-0.25, -0.2) is 0 Å². The summed E-state index contributed by atoms with van der Waals surface area (Å²) >= 11 is 0. The maximum atomic E-state index is 12.8. The van der Waals surface area contributed by atoms with Gasteiger partial charge < -0.3 is 19.3 Å². The number of para-hydroxylation sites is 5. The van der Waals surface area contributed by atoms with Crippen molar-refractivity contribution in [3.8, 4) is 39.1 Å². The molecule has 0 bridgehead atoms. The normalized spacial score (nSPS) is 11.7. The van der Waals surface area contributed by atoms with Gasteiger partial charge in [-0.1, -0.05) is 170 Å². The van der Waals surface area contributed by atoms with Crippen molar-refractivity contribution in [3.63, 3.8) is 0 Å². The molecule has 74 heavy (non-hydrogen) atoms. The Bertz CT molecular complexity index is 4370. The number of anilines is 6. The van der Waals surface area contributed by atoms with Gasteiger partial charge in [-0.15, -0.1) is 0 Å². The molecule has 0 saturated heterocycles. The third kappa shape index (κ3) is 7.04. The molecule has 0 fully saturated rings. The number of benzene rings is 12. The van der Waals surface area contributed by atoms with Crippen LogP contribution in [0.15, 0.2) is 217 Å². The summed E-state index contributed by atoms with van der Waals surface area (Å²) < 4.78 is 7.20. The van der Waals surface area contributed by atoms with Gasteiger partial charge in [0.2, 0.25) is 0 Å². The number of aromatic hydroxyl groups is 1. The summed E-state index contributed by atoms with van der Waals surface area (Å²) in [5.41, 5.74) is 20.8. The molecule has 4 heteroatoms. The number of rotatable bonds is 9. The van der Waals surface area contributed by atoms with E-state index in [-0.39, 0.29) is 5.75 Å². The number of aryl methyl sites for hydroxylation is 6. The lowest BCUT2D eigenvalue weighted by Crippen LogP contribution is -2.14. The van der Waals surface area contributed by atoms with E-state index in [4.69, 9.17) is 4.42 Å². The molecule has 4 nitrogen and oxygen atoms in total. The van der Waals surface area contributed by atoms with E-state index in [0.29, 0.717) is 5.69 Å². The number of hydrogen-bond donors (Lipinski definition) is 1. The van der Waals surface area contributed by atoms with E-state index in [1.807, 2.05) is 6.07 Å². The fraction of sp³-hybridized carbons (Fsp3) is 0.0857. The smallest absolute Gasteiger partial charge is 0.159 e. The molecule has 0 radical (unpaired) electrons. The minimum absolute atomic E-state index is 0.221. The number of fused-ring (bicyclic) bond motifs is 3. The van der Waals surface area contributed by atoms with Crippen molar-refractivity contribution < 1.29 is 9.52 Å². The van der Waals surface area contributed by atoms with E-state index >= 15 is 0 Å². The maximum Gasteiger partial charge on any atom is 0.159 e. The van der Waals surface area contributed by atoms with Crippen molar-refractivity contribution in [3.05, 3.63) is 246 Å². The van der Waals surface area contributed by atoms with Crippen LogP contribution in [-0.2, 0) is 0 Å². The number of phenolic OH excluding ortho intramolecular Hbond substituents is 1. The first-order valence-electron chi connectivity index (χ1n) is 25.6. The van der Waals surface area contributed by atoms with Crippen LogP contribution in [0.2, 0.25) is 0 Å². The van der Waals surface area contributed by atoms with Crippen LogP contribution in [0.4, 0.5) is 34.1 Å². The molecule has 13 aromatic rings. The van der Waals surface area contributed by atoms with Crippen molar-refractivity contribution in [2.24, 2.45) is 0 Å². The molecule has 1 aromatic heterocycles. The Morgan fingerprint density at radius 1 is 0.284 bits per heavy atom. The first kappa shape index (κ1) is 44.8. The van der Waals surface area contributed by atoms with Gasteiger partial charge in [0.25, 0.3) is 0 Å². The number of hydrogen-bond acceptors (Lipinski definition) is 4. The first-order chi connectivity index (χ1) is 36.1. The Labute approximate surface area is 432 Å². The zero-order valence-corrected chi connectivity index (χ0v) is 42.5. The molecule has 0 aliphatic carbocycles. The minimum atomic E-state index is 0.221. The lowest BCUT2D eigenvalue weighted by molar-refractivity contribution is 0.478. The quantitative estimate of drug-likeness (QED) is 0.146. The standard InChI is InChI=1S/C70H54N2O2/c1-42-19-7-11-25-50(42)48-23-15-24-49(41-48)54-27-17-33-62(68(54)73)71(60-31-13-9-21-44(60)3)64-39-46(5)52-36-38-59-65(40-47(6)53-35-37-58(64)66(52)67(53)59)72(61-32-14-10-22-45(61)4)63-34-18-30-57-56-29-16-28-55(69(56)74-70(57)63)51-26-12-8-20-43(51)2/h7-41,73H,1-6H3. The molecule has 0 aliphatic heterocycles. The maximum absolute atomic E-state index is 12.8. The lowest BCUT2D eigenvalue weighted by atomic mass is 9.88. The highest BCUT2D eigenvalue weighted by Crippen LogP contribution is 2.53. The monoisotopic (exact) mass is 954 g/mol. The summed E-state index contributed by atoms with van der Waals surface area (Å²) in [5.74, 6) is 0.221. The van der Waals surface area contributed by atoms with E-state index < -0.39 is 0 Å². The largest absolute Gasteiger partial charge is 0.505 e. The van der Waals surface area contributed by atoms with Crippen molar-refractivity contribution in [2.45, 2.75) is 41.5 Å². The van der Waals surface area contributed by atoms with Crippen LogP contribution in [0.25, 0.3) is 87.6 Å². The molecule has 13 rings (SSSR count). The molecular formula is C70H54N2O2. The molecule has 0 amide bonds. The van der Waals surface area contributed by atoms with Crippen LogP contribution < -0.4 is 9.80 Å². The molecular weight excluding hydrogens is 901 g/mol. The third-order valence-corrected chi connectivity index (χ3v) is 15.5. The van der Waals surface area contributed by atoms with Gasteiger partial charge in [-0.05, 0) is 161 Å². The summed E-state index contributed by atoms with van der Waals surface area (Å²) in [6.45, 7) is 13.1. The molecule has 0 saturated carbocycles. The molecule has 0 atom stereocenters. The van der Waals surface area contributed by atoms with Crippen LogP contribution in [0.3, 0.4) is 0 Å². The summed E-state index contributed by atoms with van der Waals surface area (Å²) in [6.07, 6.45) is 0. The van der Waals surface area contributed by atoms with Gasteiger partial charge in [-0.2, -0.15) is 0 Å². The fourth-order valence-electron chi connectivity index (χ4n) is 11.8. The summed E-state index contributed by atoms with van der Waals surface area (Å²) in [6, 6.07) is 75.8. The molecule has 0 aliphatic rings. The highest BCUT2D eigenvalue weighted by molar-refractivity contribution is 6.29. The SMILES string of the molecule is Cc1ccccc1-c1cccc(-c2cccc(N(c3ccccc3C)c3cc(C)c4ccc5c(N(c6ccccc6C)c6cccc7c6oc6c(-c8ccccc8C)cccc67)cc(C)c6ccc3c4c65)c2O)c1. The first-order valence-corrected chi connectivity index (χ1v) is 25.6. The van der Waals surface area contributed by atoms with E-state index in [1.54, 1.807) is 0 Å². The van der Waals surface area contributed by atoms with E-state index in [0.717, 1.165) is 100 Å². The highest BCUT2D eigenvalue weighted by atomic mass is 16.3. The Balaban J connectivity index is 1.05. The average Bonchev–Trinajstić information content (AvgIpc) is 3.81. The average molecular weight is 955 g/mol. The second-order valence-electron chi connectivity index (χ2n) is 20.1. The number of furan rings is 1. The van der Waals surface area contributed by atoms with Crippen LogP contribution in [0, 0.1) is 41.5 Å². The topological polar surface area (TPSA) is 39.9 Å². The van der Waals surface area contributed by atoms with E-state index in [9.17, 15) is 5.11 Å². The highest BCUT2D eigenvalue weighted by Gasteiger charge is 2.28. The van der Waals surface area contributed by atoms with Gasteiger partial charge in [0, 0.05) is 44.0 Å². The Hall–Kier alpha value is -9.12. The van der Waals surface area contributed by atoms with Gasteiger partial charge in [0.15, 0.2) is 5.58 Å². The zero-order chi connectivity index (χ0) is 50.4. The molecule has 1 heterocycles. The summed E-state index contributed by atoms with van der Waals surface area (Å²) in [4.78, 5) is 4.70. The summed E-state index contributed by atoms with van der Waals surface area (Å²) in [5, 5.41) is 22.0. The lowest BCUT2D eigenvalue weighted by Gasteiger charge is -2.32. The molecule has 356 valence electrons. The van der Waals surface area contributed by atoms with Crippen molar-refractivity contribution in [1.82, 2.24) is 0 Å². The Kier molecular flexibility index (Phi) is 10.6. The minimum Gasteiger partial charge on any atom is -0.505 e. The van der Waals surface area contributed by atoms with Gasteiger partial charge in [-0.3, -0.25) is 0 Å².